The predicted octanol–water partition coefficient (Wildman–Crippen LogP) is 3.09. The Labute approximate surface area is 84.5 Å². The largest absolute Gasteiger partial charge is 0.293 e. The minimum Gasteiger partial charge on any atom is -0.293 e. The van der Waals surface area contributed by atoms with Crippen molar-refractivity contribution in [2.45, 2.75) is 20.3 Å². The summed E-state index contributed by atoms with van der Waals surface area (Å²) < 4.78 is 0. The fourth-order valence-electron chi connectivity index (χ4n) is 2.06. The van der Waals surface area contributed by atoms with E-state index in [2.05, 4.69) is 13.5 Å². The number of benzene rings is 1. The third-order valence-electron chi connectivity index (χ3n) is 3.04. The summed E-state index contributed by atoms with van der Waals surface area (Å²) in [6, 6.07) is 6.04. The van der Waals surface area contributed by atoms with Crippen LogP contribution in [0.2, 0.25) is 0 Å². The molecule has 0 radical (unpaired) electrons. The first-order valence-electron chi connectivity index (χ1n) is 5.02. The Morgan fingerprint density at radius 2 is 2.14 bits per heavy atom. The van der Waals surface area contributed by atoms with Crippen molar-refractivity contribution in [3.8, 4) is 0 Å². The van der Waals surface area contributed by atoms with Gasteiger partial charge < -0.3 is 0 Å². The standard InChI is InChI=1S/C13H14O/c1-4-10-6-5-7-11-8(2)9(3)13(14)12(10)11/h5-7,9H,2,4H2,1,3H3. The summed E-state index contributed by atoms with van der Waals surface area (Å²) in [5.74, 6) is 0.208. The molecule has 0 aromatic heterocycles. The van der Waals surface area contributed by atoms with Crippen LogP contribution in [0.1, 0.15) is 35.3 Å². The fourth-order valence-corrected chi connectivity index (χ4v) is 2.06. The van der Waals surface area contributed by atoms with Crippen LogP contribution in [-0.2, 0) is 6.42 Å². The van der Waals surface area contributed by atoms with Gasteiger partial charge in [0.15, 0.2) is 5.78 Å². The number of carbonyl (C=O) groups is 1. The molecule has 0 heterocycles. The molecule has 0 N–H and O–H groups in total. The van der Waals surface area contributed by atoms with Crippen LogP contribution >= 0.6 is 0 Å². The molecule has 1 unspecified atom stereocenters. The highest BCUT2D eigenvalue weighted by Gasteiger charge is 2.31. The zero-order valence-corrected chi connectivity index (χ0v) is 8.63. The zero-order valence-electron chi connectivity index (χ0n) is 8.63. The first-order valence-corrected chi connectivity index (χ1v) is 5.02. The number of hydrogen-bond acceptors (Lipinski definition) is 1. The van der Waals surface area contributed by atoms with Gasteiger partial charge in [0, 0.05) is 11.5 Å². The summed E-state index contributed by atoms with van der Waals surface area (Å²) in [6.45, 7) is 7.99. The number of fused-ring (bicyclic) bond motifs is 1. The van der Waals surface area contributed by atoms with Crippen LogP contribution in [0.25, 0.3) is 5.57 Å². The Kier molecular flexibility index (Phi) is 2.03. The van der Waals surface area contributed by atoms with Crippen LogP contribution in [0, 0.1) is 5.92 Å². The van der Waals surface area contributed by atoms with Gasteiger partial charge in [-0.2, -0.15) is 0 Å². The molecule has 1 heteroatoms. The minimum atomic E-state index is -0.0299. The molecular formula is C13H14O. The normalized spacial score (nSPS) is 20.0. The van der Waals surface area contributed by atoms with Gasteiger partial charge in [0.05, 0.1) is 0 Å². The van der Waals surface area contributed by atoms with Crippen LogP contribution in [-0.4, -0.2) is 5.78 Å². The van der Waals surface area contributed by atoms with Crippen LogP contribution in [0.5, 0.6) is 0 Å². The molecule has 0 fully saturated rings. The van der Waals surface area contributed by atoms with E-state index in [0.29, 0.717) is 0 Å². The zero-order chi connectivity index (χ0) is 10.3. The molecule has 1 nitrogen and oxygen atoms in total. The Hall–Kier alpha value is -1.37. The Balaban J connectivity index is 2.69. The summed E-state index contributed by atoms with van der Waals surface area (Å²) in [4.78, 5) is 11.9. The van der Waals surface area contributed by atoms with Gasteiger partial charge in [0.25, 0.3) is 0 Å². The molecule has 0 aliphatic heterocycles. The summed E-state index contributed by atoms with van der Waals surface area (Å²) in [7, 11) is 0. The quantitative estimate of drug-likeness (QED) is 0.658. The second-order valence-corrected chi connectivity index (χ2v) is 3.80. The second kappa shape index (κ2) is 3.09. The first kappa shape index (κ1) is 9.20. The molecule has 0 spiro atoms. The van der Waals surface area contributed by atoms with Crippen molar-refractivity contribution < 1.29 is 4.79 Å². The van der Waals surface area contributed by atoms with Crippen LogP contribution < -0.4 is 0 Å². The lowest BCUT2D eigenvalue weighted by molar-refractivity contribution is 0.0965. The average molecular weight is 186 g/mol. The van der Waals surface area contributed by atoms with Crippen molar-refractivity contribution in [1.82, 2.24) is 0 Å². The Morgan fingerprint density at radius 1 is 1.43 bits per heavy atom. The molecule has 0 amide bonds. The van der Waals surface area contributed by atoms with Gasteiger partial charge in [0.2, 0.25) is 0 Å². The SMILES string of the molecule is C=C1c2cccc(CC)c2C(=O)C1C. The smallest absolute Gasteiger partial charge is 0.170 e. The molecule has 1 aromatic rings. The van der Waals surface area contributed by atoms with Crippen LogP contribution in [0.15, 0.2) is 24.8 Å². The van der Waals surface area contributed by atoms with E-state index in [1.807, 2.05) is 25.1 Å². The molecule has 0 saturated carbocycles. The topological polar surface area (TPSA) is 17.1 Å². The van der Waals surface area contributed by atoms with Gasteiger partial charge in [0.1, 0.15) is 0 Å². The van der Waals surface area contributed by atoms with Crippen molar-refractivity contribution in [1.29, 1.82) is 0 Å². The predicted molar refractivity (Wildman–Crippen MR) is 58.3 cm³/mol. The number of hydrogen-bond donors (Lipinski definition) is 0. The van der Waals surface area contributed by atoms with E-state index in [-0.39, 0.29) is 11.7 Å². The highest BCUT2D eigenvalue weighted by molar-refractivity contribution is 6.14. The first-order chi connectivity index (χ1) is 6.66. The summed E-state index contributed by atoms with van der Waals surface area (Å²) in [5.41, 5.74) is 4.09. The van der Waals surface area contributed by atoms with Crippen molar-refractivity contribution >= 4 is 11.4 Å². The lowest BCUT2D eigenvalue weighted by atomic mass is 10.0. The summed E-state index contributed by atoms with van der Waals surface area (Å²) in [5, 5.41) is 0. The molecule has 1 aliphatic rings. The number of rotatable bonds is 1. The molecule has 72 valence electrons. The molecule has 14 heavy (non-hydrogen) atoms. The highest BCUT2D eigenvalue weighted by atomic mass is 16.1. The maximum atomic E-state index is 11.9. The van der Waals surface area contributed by atoms with Crippen LogP contribution in [0.4, 0.5) is 0 Å². The van der Waals surface area contributed by atoms with Gasteiger partial charge >= 0.3 is 0 Å². The van der Waals surface area contributed by atoms with Gasteiger partial charge in [-0.3, -0.25) is 4.79 Å². The fraction of sp³-hybridized carbons (Fsp3) is 0.308. The third kappa shape index (κ3) is 1.05. The van der Waals surface area contributed by atoms with E-state index in [1.54, 1.807) is 0 Å². The number of allylic oxidation sites excluding steroid dienone is 1. The van der Waals surface area contributed by atoms with Gasteiger partial charge in [-0.05, 0) is 23.1 Å². The number of carbonyl (C=O) groups excluding carboxylic acids is 1. The van der Waals surface area contributed by atoms with Gasteiger partial charge in [-0.25, -0.2) is 0 Å². The summed E-state index contributed by atoms with van der Waals surface area (Å²) >= 11 is 0. The Bertz CT molecular complexity index is 415. The number of ketones is 1. The molecule has 1 aromatic carbocycles. The molecule has 2 rings (SSSR count). The Morgan fingerprint density at radius 3 is 2.79 bits per heavy atom. The number of Topliss-reactive ketones (excluding diaryl/α,β-unsaturated/α-hetero) is 1. The maximum absolute atomic E-state index is 11.9. The highest BCUT2D eigenvalue weighted by Crippen LogP contribution is 2.37. The third-order valence-corrected chi connectivity index (χ3v) is 3.04. The second-order valence-electron chi connectivity index (χ2n) is 3.80. The van der Waals surface area contributed by atoms with Gasteiger partial charge in [-0.15, -0.1) is 0 Å². The van der Waals surface area contributed by atoms with E-state index in [0.717, 1.165) is 28.7 Å². The van der Waals surface area contributed by atoms with E-state index in [4.69, 9.17) is 0 Å². The molecule has 0 saturated heterocycles. The van der Waals surface area contributed by atoms with Crippen molar-refractivity contribution in [3.63, 3.8) is 0 Å². The van der Waals surface area contributed by atoms with E-state index in [1.165, 1.54) is 0 Å². The van der Waals surface area contributed by atoms with E-state index >= 15 is 0 Å². The van der Waals surface area contributed by atoms with E-state index in [9.17, 15) is 4.79 Å². The lowest BCUT2D eigenvalue weighted by Crippen LogP contribution is -2.04. The molecule has 1 atom stereocenters. The monoisotopic (exact) mass is 186 g/mol. The van der Waals surface area contributed by atoms with Crippen molar-refractivity contribution in [3.05, 3.63) is 41.5 Å². The minimum absolute atomic E-state index is 0.0299. The number of aryl methyl sites for hydroxylation is 1. The van der Waals surface area contributed by atoms with Crippen LogP contribution in [0.3, 0.4) is 0 Å². The van der Waals surface area contributed by atoms with E-state index < -0.39 is 0 Å². The van der Waals surface area contributed by atoms with Gasteiger partial charge in [-0.1, -0.05) is 38.6 Å². The van der Waals surface area contributed by atoms with Crippen molar-refractivity contribution in [2.75, 3.05) is 0 Å². The molecule has 0 bridgehead atoms. The van der Waals surface area contributed by atoms with Crippen molar-refractivity contribution in [2.24, 2.45) is 5.92 Å². The molecule has 1 aliphatic carbocycles. The average Bonchev–Trinajstić information content (AvgIpc) is 2.44. The maximum Gasteiger partial charge on any atom is 0.170 e. The molecular weight excluding hydrogens is 172 g/mol. The summed E-state index contributed by atoms with van der Waals surface area (Å²) in [6.07, 6.45) is 0.912. The lowest BCUT2D eigenvalue weighted by Gasteiger charge is -2.03.